The summed E-state index contributed by atoms with van der Waals surface area (Å²) in [6.07, 6.45) is 1.04. The molecular formula is C75H102FN15O19S2. The number of primary amides is 1. The second kappa shape index (κ2) is 48.2. The Hall–Kier alpha value is -9.85. The lowest BCUT2D eigenvalue weighted by Gasteiger charge is -2.27. The fourth-order valence-corrected chi connectivity index (χ4v) is 12.0. The molecule has 6 amide bonds. The Morgan fingerprint density at radius 3 is 2.02 bits per heavy atom. The highest BCUT2D eigenvalue weighted by atomic mass is 32.1. The quantitative estimate of drug-likeness (QED) is 0.0139. The Balaban J connectivity index is 0.883. The zero-order valence-electron chi connectivity index (χ0n) is 64.6. The van der Waals surface area contributed by atoms with E-state index in [0.29, 0.717) is 161 Å². The number of aromatic carboxylic acids is 1. The van der Waals surface area contributed by atoms with Crippen LogP contribution in [0.2, 0.25) is 0 Å². The molecule has 0 aliphatic carbocycles. The van der Waals surface area contributed by atoms with Crippen LogP contribution in [0.4, 0.5) is 46.4 Å². The second-order valence-corrected chi connectivity index (χ2v) is 28.5. The average Bonchev–Trinajstić information content (AvgIpc) is 1.65. The summed E-state index contributed by atoms with van der Waals surface area (Å²) in [4.78, 5) is 90.6. The number of alkyl carbamates (subject to hydrolysis) is 1. The summed E-state index contributed by atoms with van der Waals surface area (Å²) in [6, 6.07) is 15.6. The smallest absolute Gasteiger partial charge is 0.410 e. The molecule has 7 rings (SSSR count). The highest BCUT2D eigenvalue weighted by Gasteiger charge is 2.31. The number of amides is 6. The number of carboxylic acids is 1. The number of aromatic nitrogens is 7. The third-order valence-electron chi connectivity index (χ3n) is 15.9. The van der Waals surface area contributed by atoms with Gasteiger partial charge in [-0.05, 0) is 125 Å². The summed E-state index contributed by atoms with van der Waals surface area (Å²) in [5, 5.41) is 42.3. The first-order valence-electron chi connectivity index (χ1n) is 36.4. The Labute approximate surface area is 657 Å². The number of carboxylic acid groups (broad SMARTS) is 1. The van der Waals surface area contributed by atoms with Crippen LogP contribution in [0.25, 0.3) is 10.2 Å². The summed E-state index contributed by atoms with van der Waals surface area (Å²) in [5.74, 6) is 3.09. The van der Waals surface area contributed by atoms with E-state index < -0.39 is 65.4 Å². The van der Waals surface area contributed by atoms with Crippen LogP contribution in [0, 0.1) is 30.5 Å². The number of nitrogens with one attached hydrogen (secondary N) is 5. The second-order valence-electron chi connectivity index (χ2n) is 26.4. The van der Waals surface area contributed by atoms with E-state index in [4.69, 9.17) is 62.6 Å². The van der Waals surface area contributed by atoms with E-state index in [9.17, 15) is 33.9 Å². The van der Waals surface area contributed by atoms with E-state index in [1.165, 1.54) is 46.8 Å². The van der Waals surface area contributed by atoms with Crippen molar-refractivity contribution in [1.82, 2.24) is 56.0 Å². The first-order chi connectivity index (χ1) is 53.9. The summed E-state index contributed by atoms with van der Waals surface area (Å²) in [6.45, 7) is 17.1. The molecule has 0 saturated carbocycles. The molecule has 34 nitrogen and oxygen atoms in total. The largest absolute Gasteiger partial charge is 0.491 e. The minimum atomic E-state index is -1.20. The number of carbonyl (C=O) groups is 6. The molecule has 0 spiro atoms. The number of urea groups is 1. The number of aryl methyl sites for hydroxylation is 2. The Morgan fingerprint density at radius 1 is 0.723 bits per heavy atom. The highest BCUT2D eigenvalue weighted by molar-refractivity contribution is 7.22. The normalized spacial score (nSPS) is 11.9. The van der Waals surface area contributed by atoms with Crippen molar-refractivity contribution in [2.75, 3.05) is 156 Å². The van der Waals surface area contributed by atoms with Crippen molar-refractivity contribution in [1.29, 1.82) is 0 Å². The zero-order valence-corrected chi connectivity index (χ0v) is 66.3. The van der Waals surface area contributed by atoms with Crippen LogP contribution < -0.4 is 42.0 Å². The number of ether oxygens (including phenoxy) is 12. The van der Waals surface area contributed by atoms with Gasteiger partial charge in [0.1, 0.15) is 30.0 Å². The van der Waals surface area contributed by atoms with Gasteiger partial charge in [0.2, 0.25) is 11.8 Å². The third-order valence-corrected chi connectivity index (χ3v) is 18.0. The van der Waals surface area contributed by atoms with Gasteiger partial charge >= 0.3 is 24.2 Å². The molecule has 4 heterocycles. The molecule has 8 N–H and O–H groups in total. The molecule has 7 aromatic rings. The molecule has 0 unspecified atom stereocenters. The Kier molecular flexibility index (Phi) is 38.4. The number of hydrogen-bond acceptors (Lipinski definition) is 28. The number of carbonyl (C=O) groups excluding carboxylic acids is 5. The average molecular weight is 1600 g/mol. The van der Waals surface area contributed by atoms with E-state index in [0.717, 1.165) is 15.8 Å². The number of methoxy groups -OCH3 is 1. The molecule has 0 radical (unpaired) electrons. The number of halogens is 1. The minimum absolute atomic E-state index is 0.00542. The molecule has 112 heavy (non-hydrogen) atoms. The summed E-state index contributed by atoms with van der Waals surface area (Å²) >= 11 is 2.69. The maximum Gasteiger partial charge on any atom is 0.410 e. The molecule has 0 fully saturated rings. The molecule has 0 bridgehead atoms. The lowest BCUT2D eigenvalue weighted by atomic mass is 10.0. The number of nitrogens with zero attached hydrogens (tertiary/aromatic N) is 9. The van der Waals surface area contributed by atoms with Crippen LogP contribution in [0.1, 0.15) is 97.2 Å². The van der Waals surface area contributed by atoms with Crippen molar-refractivity contribution in [3.8, 4) is 17.6 Å². The van der Waals surface area contributed by atoms with Crippen LogP contribution in [0.3, 0.4) is 0 Å². The van der Waals surface area contributed by atoms with Gasteiger partial charge in [-0.15, -0.1) is 26.6 Å². The number of fused-ring (bicyclic) bond motifs is 1. The van der Waals surface area contributed by atoms with Crippen LogP contribution >= 0.6 is 22.7 Å². The number of thiazole rings is 2. The van der Waals surface area contributed by atoms with Gasteiger partial charge in [-0.2, -0.15) is 0 Å². The van der Waals surface area contributed by atoms with E-state index >= 15 is 4.39 Å². The number of para-hydroxylation sites is 1. The molecule has 0 aliphatic heterocycles. The first kappa shape index (κ1) is 89.4. The molecule has 0 saturated heterocycles. The third kappa shape index (κ3) is 32.5. The topological polar surface area (TPSA) is 408 Å². The van der Waals surface area contributed by atoms with Gasteiger partial charge in [0, 0.05) is 43.9 Å². The Morgan fingerprint density at radius 2 is 1.39 bits per heavy atom. The van der Waals surface area contributed by atoms with Crippen LogP contribution in [-0.4, -0.2) is 239 Å². The highest BCUT2D eigenvalue weighted by Crippen LogP contribution is 2.34. The van der Waals surface area contributed by atoms with E-state index in [1.807, 2.05) is 37.3 Å². The van der Waals surface area contributed by atoms with Crippen molar-refractivity contribution in [3.63, 3.8) is 0 Å². The Bertz CT molecular complexity index is 4140. The molecule has 0 aliphatic rings. The van der Waals surface area contributed by atoms with Gasteiger partial charge in [-0.25, -0.2) is 38.2 Å². The monoisotopic (exact) mass is 1600 g/mol. The van der Waals surface area contributed by atoms with E-state index in [1.54, 1.807) is 88.8 Å². The van der Waals surface area contributed by atoms with Gasteiger partial charge in [0.25, 0.3) is 0 Å². The van der Waals surface area contributed by atoms with Crippen LogP contribution in [-0.2, 0) is 94.5 Å². The predicted octanol–water partition coefficient (Wildman–Crippen LogP) is 8.32. The fourth-order valence-electron chi connectivity index (χ4n) is 10.1. The van der Waals surface area contributed by atoms with E-state index in [2.05, 4.69) is 68.9 Å². The first-order valence-corrected chi connectivity index (χ1v) is 38.0. The van der Waals surface area contributed by atoms with Gasteiger partial charge in [0.05, 0.1) is 148 Å². The van der Waals surface area contributed by atoms with Crippen LogP contribution in [0.5, 0.6) is 5.75 Å². The van der Waals surface area contributed by atoms with Gasteiger partial charge in [-0.1, -0.05) is 60.4 Å². The number of rotatable bonds is 51. The van der Waals surface area contributed by atoms with Crippen molar-refractivity contribution in [3.05, 3.63) is 117 Å². The predicted molar refractivity (Wildman–Crippen MR) is 415 cm³/mol. The maximum atomic E-state index is 15.5. The van der Waals surface area contributed by atoms with Gasteiger partial charge in [0.15, 0.2) is 39.2 Å². The molecule has 610 valence electrons. The molecular weight excluding hydrogens is 1500 g/mol. The van der Waals surface area contributed by atoms with Crippen molar-refractivity contribution in [2.24, 2.45) is 11.7 Å². The number of anilines is 5. The van der Waals surface area contributed by atoms with Crippen molar-refractivity contribution >= 4 is 96.5 Å². The van der Waals surface area contributed by atoms with Crippen LogP contribution in [0.15, 0.2) is 72.9 Å². The SMILES string of the molecule is COCCOCCOCCOCCOCCOCCOCCOCCn1cc(COCc2cc(NC(=O)[C@H](CCCNC(N)=O)NC(=O)[C@@H](NC(=O)OC(C)(C)C)C(C)C)ccc2COC(=O)N(C)CC#Cc2ccc(OCCCc3sc(N(C)c4cc(C)c(Nc5nc6ccccc6s5)nn4)nc3C(=O)O)c(F)c2)nn1. The van der Waals surface area contributed by atoms with Gasteiger partial charge in [-0.3, -0.25) is 9.59 Å². The number of hydrogen-bond donors (Lipinski definition) is 7. The maximum absolute atomic E-state index is 15.5. The van der Waals surface area contributed by atoms with Crippen molar-refractivity contribution in [2.45, 2.75) is 111 Å². The molecule has 2 atom stereocenters. The standard InChI is InChI=1S/C75H102FN15O19S2/c1-50(2)64(83-73(97)110-75(4,5)6)68(93)80-59(17-12-24-78-70(77)96)67(92)79-55-22-21-53(54(45-55)47-107-49-56-46-91(88-85-56)26-28-100-31-32-102-35-36-104-39-40-106-42-41-105-38-37-103-34-33-101-30-29-99-9)48-109-74(98)89(7)25-13-15-52-20-23-60(57(76)44-52)108-27-14-19-62-65(69(94)95)82-72(112-62)90(8)63-43-51(3)66(87-86-63)84-71-81-58-16-10-11-18-61(58)111-71/h10-11,16,18,20-23,43-46,50,59,64H,12,14,17,19,24-42,47-49H2,1-9H3,(H,79,92)(H,80,93)(H,83,97)(H,94,95)(H3,77,78,96)(H,81,84,87)/t59-,64-/m0/s1. The van der Waals surface area contributed by atoms with Crippen molar-refractivity contribution < 1.29 is 95.1 Å². The molecule has 37 heteroatoms. The summed E-state index contributed by atoms with van der Waals surface area (Å²) in [7, 11) is 4.83. The number of benzene rings is 3. The lowest BCUT2D eigenvalue weighted by Crippen LogP contribution is -2.55. The molecule has 3 aromatic carbocycles. The summed E-state index contributed by atoms with van der Waals surface area (Å²) in [5.41, 5.74) is 8.06. The fraction of sp³-hybridized carbons (Fsp3) is 0.520. The minimum Gasteiger partial charge on any atom is -0.491 e. The lowest BCUT2D eigenvalue weighted by molar-refractivity contribution is -0.128. The zero-order chi connectivity index (χ0) is 80.6. The summed E-state index contributed by atoms with van der Waals surface area (Å²) < 4.78 is 84.8. The number of nitrogens with two attached hydrogens (primary N) is 1. The van der Waals surface area contributed by atoms with Gasteiger partial charge < -0.3 is 104 Å². The molecule has 4 aromatic heterocycles. The van der Waals surface area contributed by atoms with E-state index in [-0.39, 0.29) is 75.9 Å².